The van der Waals surface area contributed by atoms with Crippen LogP contribution in [-0.4, -0.2) is 76.3 Å². The van der Waals surface area contributed by atoms with E-state index in [0.29, 0.717) is 37.6 Å². The molecule has 2 fully saturated rings. The highest BCUT2D eigenvalue weighted by atomic mass is 35.5. The second-order valence-electron chi connectivity index (χ2n) is 11.6. The highest BCUT2D eigenvalue weighted by Gasteiger charge is 2.47. The van der Waals surface area contributed by atoms with Crippen LogP contribution in [0.2, 0.25) is 5.02 Å². The number of piperazine rings is 1. The Bertz CT molecular complexity index is 1640. The van der Waals surface area contributed by atoms with E-state index in [2.05, 4.69) is 16.0 Å². The van der Waals surface area contributed by atoms with E-state index in [4.69, 9.17) is 21.1 Å². The van der Waals surface area contributed by atoms with Crippen molar-refractivity contribution >= 4 is 39.3 Å². The maximum atomic E-state index is 15.6. The summed E-state index contributed by atoms with van der Waals surface area (Å²) in [5.41, 5.74) is 0.211. The second kappa shape index (κ2) is 14.5. The van der Waals surface area contributed by atoms with Gasteiger partial charge in [0.25, 0.3) is 0 Å². The van der Waals surface area contributed by atoms with E-state index in [0.717, 1.165) is 5.56 Å². The van der Waals surface area contributed by atoms with Gasteiger partial charge in [-0.2, -0.15) is 4.31 Å². The maximum Gasteiger partial charge on any atom is 0.407 e. The third-order valence-electron chi connectivity index (χ3n) is 8.82. The first-order chi connectivity index (χ1) is 22.1. The van der Waals surface area contributed by atoms with Gasteiger partial charge in [-0.15, -0.1) is 0 Å². The summed E-state index contributed by atoms with van der Waals surface area (Å²) in [4.78, 5) is 27.0. The van der Waals surface area contributed by atoms with Crippen LogP contribution in [-0.2, 0) is 36.1 Å². The summed E-state index contributed by atoms with van der Waals surface area (Å²) in [6.07, 6.45) is -0.00445. The van der Waals surface area contributed by atoms with Crippen LogP contribution in [0.25, 0.3) is 0 Å². The molecule has 2 amide bonds. The first kappa shape index (κ1) is 33.8. The topological polar surface area (TPSA) is 126 Å². The summed E-state index contributed by atoms with van der Waals surface area (Å²) < 4.78 is 55.2. The minimum absolute atomic E-state index is 0.0169. The van der Waals surface area contributed by atoms with Gasteiger partial charge in [-0.05, 0) is 68.1 Å². The first-order valence-electron chi connectivity index (χ1n) is 15.1. The molecule has 46 heavy (non-hydrogen) atoms. The number of carbonyl (C=O) groups excluding carboxylic acids is 2. The zero-order valence-corrected chi connectivity index (χ0v) is 27.2. The lowest BCUT2D eigenvalue weighted by Gasteiger charge is -2.43. The van der Waals surface area contributed by atoms with Crippen molar-refractivity contribution in [2.75, 3.05) is 38.7 Å². The van der Waals surface area contributed by atoms with Crippen molar-refractivity contribution in [1.29, 1.82) is 0 Å². The predicted molar refractivity (Wildman–Crippen MR) is 173 cm³/mol. The van der Waals surface area contributed by atoms with Gasteiger partial charge in [0.05, 0.1) is 12.0 Å². The molecule has 0 aromatic heterocycles. The predicted octanol–water partition coefficient (Wildman–Crippen LogP) is 4.48. The van der Waals surface area contributed by atoms with Crippen LogP contribution in [0.15, 0.2) is 77.7 Å². The number of ether oxygens (including phenoxy) is 2. The molecule has 0 saturated carbocycles. The summed E-state index contributed by atoms with van der Waals surface area (Å²) in [5.74, 6) is -1.18. The van der Waals surface area contributed by atoms with Gasteiger partial charge in [0.1, 0.15) is 11.9 Å². The molecule has 2 aliphatic rings. The Morgan fingerprint density at radius 1 is 1.07 bits per heavy atom. The molecule has 246 valence electrons. The van der Waals surface area contributed by atoms with Crippen molar-refractivity contribution in [1.82, 2.24) is 14.9 Å². The van der Waals surface area contributed by atoms with Gasteiger partial charge in [-0.25, -0.2) is 17.6 Å². The van der Waals surface area contributed by atoms with Crippen LogP contribution < -0.4 is 16.0 Å². The number of sulfonamides is 1. The third kappa shape index (κ3) is 7.06. The van der Waals surface area contributed by atoms with Crippen molar-refractivity contribution in [2.45, 2.75) is 54.6 Å². The smallest absolute Gasteiger partial charge is 0.407 e. The zero-order valence-electron chi connectivity index (χ0n) is 25.7. The highest BCUT2D eigenvalue weighted by molar-refractivity contribution is 7.89. The SMILES string of the molecule is COC(=O)N[C@H](C(=O)Nc1cccc(F)c1C[C@H]1CNC[C@H](C)N1S(=O)(=O)c1ccccc1)C1(c2ccc(Cl)cc2)CCOCC1. The van der Waals surface area contributed by atoms with Crippen LogP contribution in [0.4, 0.5) is 14.9 Å². The lowest BCUT2D eigenvalue weighted by atomic mass is 9.68. The molecule has 10 nitrogen and oxygen atoms in total. The van der Waals surface area contributed by atoms with E-state index >= 15 is 4.39 Å². The number of nitrogens with zero attached hydrogens (tertiary/aromatic N) is 1. The van der Waals surface area contributed by atoms with Gasteiger partial charge in [-0.3, -0.25) is 4.79 Å². The highest BCUT2D eigenvalue weighted by Crippen LogP contribution is 2.40. The molecule has 3 aromatic carbocycles. The number of nitrogens with one attached hydrogen (secondary N) is 3. The van der Waals surface area contributed by atoms with E-state index in [1.807, 2.05) is 12.1 Å². The fraction of sp³-hybridized carbons (Fsp3) is 0.394. The van der Waals surface area contributed by atoms with E-state index in [1.165, 1.54) is 35.7 Å². The first-order valence-corrected chi connectivity index (χ1v) is 16.9. The summed E-state index contributed by atoms with van der Waals surface area (Å²) in [5, 5.41) is 9.37. The van der Waals surface area contributed by atoms with Crippen LogP contribution in [0.1, 0.15) is 30.9 Å². The van der Waals surface area contributed by atoms with Crippen LogP contribution in [0.5, 0.6) is 0 Å². The van der Waals surface area contributed by atoms with Crippen molar-refractivity contribution in [2.24, 2.45) is 0 Å². The summed E-state index contributed by atoms with van der Waals surface area (Å²) >= 11 is 6.17. The fourth-order valence-electron chi connectivity index (χ4n) is 6.52. The molecule has 0 unspecified atom stereocenters. The van der Waals surface area contributed by atoms with E-state index in [9.17, 15) is 18.0 Å². The molecule has 2 heterocycles. The standard InChI is InChI=1S/C33H38ClFN4O6S/c1-22-20-36-21-25(39(22)46(42,43)26-7-4-3-5-8-26)19-27-28(35)9-6-10-29(27)37-31(40)30(38-32(41)44-2)33(15-17-45-18-16-33)23-11-13-24(34)14-12-23/h3-14,22,25,30,36H,15-21H2,1-2H3,(H,37,40)(H,38,41)/t22-,25-,30+/m0/s1. The molecule has 0 radical (unpaired) electrons. The number of hydrogen-bond donors (Lipinski definition) is 3. The molecule has 5 rings (SSSR count). The van der Waals surface area contributed by atoms with E-state index < -0.39 is 51.4 Å². The number of amides is 2. The monoisotopic (exact) mass is 672 g/mol. The molecule has 13 heteroatoms. The summed E-state index contributed by atoms with van der Waals surface area (Å²) in [6, 6.07) is 17.4. The van der Waals surface area contributed by atoms with Crippen LogP contribution >= 0.6 is 11.6 Å². The number of carbonyl (C=O) groups is 2. The molecular formula is C33H38ClFN4O6S. The molecule has 3 N–H and O–H groups in total. The van der Waals surface area contributed by atoms with Gasteiger partial charge in [0, 0.05) is 60.1 Å². The largest absolute Gasteiger partial charge is 0.453 e. The van der Waals surface area contributed by atoms with Crippen molar-refractivity contribution in [3.05, 3.63) is 94.8 Å². The number of alkyl carbamates (subject to hydrolysis) is 1. The normalized spacial score (nSPS) is 20.8. The molecule has 2 aliphatic heterocycles. The molecule has 0 bridgehead atoms. The maximum absolute atomic E-state index is 15.6. The number of benzene rings is 3. The van der Waals surface area contributed by atoms with Crippen LogP contribution in [0.3, 0.4) is 0 Å². The Balaban J connectivity index is 1.49. The Labute approximate surface area is 273 Å². The fourth-order valence-corrected chi connectivity index (χ4v) is 8.49. The van der Waals surface area contributed by atoms with E-state index in [1.54, 1.807) is 43.3 Å². The Morgan fingerprint density at radius 2 is 1.76 bits per heavy atom. The lowest BCUT2D eigenvalue weighted by Crippen LogP contribution is -2.59. The van der Waals surface area contributed by atoms with Crippen molar-refractivity contribution in [3.8, 4) is 0 Å². The average Bonchev–Trinajstić information content (AvgIpc) is 3.06. The van der Waals surface area contributed by atoms with E-state index in [-0.39, 0.29) is 29.1 Å². The van der Waals surface area contributed by atoms with Crippen LogP contribution in [0, 0.1) is 5.82 Å². The number of hydrogen-bond acceptors (Lipinski definition) is 7. The van der Waals surface area contributed by atoms with Crippen molar-refractivity contribution < 1.29 is 31.9 Å². The zero-order chi connectivity index (χ0) is 32.9. The average molecular weight is 673 g/mol. The van der Waals surface area contributed by atoms with Gasteiger partial charge in [0.15, 0.2) is 0 Å². The summed E-state index contributed by atoms with van der Waals surface area (Å²) in [7, 11) is -2.70. The van der Waals surface area contributed by atoms with Gasteiger partial charge < -0.3 is 25.4 Å². The molecule has 3 atom stereocenters. The molecule has 0 aliphatic carbocycles. The minimum atomic E-state index is -3.91. The lowest BCUT2D eigenvalue weighted by molar-refractivity contribution is -0.121. The van der Waals surface area contributed by atoms with Gasteiger partial charge in [-0.1, -0.05) is 48.0 Å². The Hall–Kier alpha value is -3.55. The number of rotatable bonds is 9. The third-order valence-corrected chi connectivity index (χ3v) is 11.1. The molecule has 0 spiro atoms. The number of anilines is 1. The van der Waals surface area contributed by atoms with Gasteiger partial charge >= 0.3 is 6.09 Å². The molecular weight excluding hydrogens is 635 g/mol. The Morgan fingerprint density at radius 3 is 2.43 bits per heavy atom. The minimum Gasteiger partial charge on any atom is -0.453 e. The van der Waals surface area contributed by atoms with Gasteiger partial charge in [0.2, 0.25) is 15.9 Å². The Kier molecular flexibility index (Phi) is 10.6. The van der Waals surface area contributed by atoms with Crippen molar-refractivity contribution in [3.63, 3.8) is 0 Å². The second-order valence-corrected chi connectivity index (χ2v) is 13.9. The quantitative estimate of drug-likeness (QED) is 0.306. The number of methoxy groups -OCH3 is 1. The molecule has 2 saturated heterocycles. The number of halogens is 2. The summed E-state index contributed by atoms with van der Waals surface area (Å²) in [6.45, 7) is 3.21. The molecule has 3 aromatic rings.